The number of allylic oxidation sites excluding steroid dienone is 4. The normalized spacial score (nSPS) is 18.7. The molecule has 1 aromatic heterocycles. The summed E-state index contributed by atoms with van der Waals surface area (Å²) < 4.78 is 62.6. The summed E-state index contributed by atoms with van der Waals surface area (Å²) in [5.41, 5.74) is 8.43. The quantitative estimate of drug-likeness (QED) is 0.0836. The first-order chi connectivity index (χ1) is 25.7. The Hall–Kier alpha value is -4.17. The first-order valence-corrected chi connectivity index (χ1v) is 20.6. The van der Waals surface area contributed by atoms with E-state index < -0.39 is 49.6 Å². The number of hydrogen-bond donors (Lipinski definition) is 7. The molecule has 0 saturated heterocycles. The van der Waals surface area contributed by atoms with Crippen molar-refractivity contribution < 1.29 is 45.1 Å². The first-order valence-electron chi connectivity index (χ1n) is 17.4. The molecule has 4 amide bonds. The van der Waals surface area contributed by atoms with Crippen LogP contribution in [0.3, 0.4) is 0 Å². The predicted molar refractivity (Wildman–Crippen MR) is 213 cm³/mol. The molecule has 1 unspecified atom stereocenters. The molecular formula is C37H46N6NaO10S2. The van der Waals surface area contributed by atoms with Crippen molar-refractivity contribution in [2.45, 2.75) is 65.8 Å². The Morgan fingerprint density at radius 2 is 1.34 bits per heavy atom. The Labute approximate surface area is 348 Å². The molecule has 1 radical (unpaired) electrons. The Morgan fingerprint density at radius 1 is 0.786 bits per heavy atom. The zero-order valence-electron chi connectivity index (χ0n) is 32.1. The number of aromatic amines is 1. The third kappa shape index (κ3) is 11.9. The minimum atomic E-state index is -4.26. The van der Waals surface area contributed by atoms with Gasteiger partial charge in [-0.3, -0.25) is 33.3 Å². The molecule has 56 heavy (non-hydrogen) atoms. The van der Waals surface area contributed by atoms with Gasteiger partial charge in [0.15, 0.2) is 0 Å². The largest absolute Gasteiger partial charge is 0.358 e. The van der Waals surface area contributed by atoms with Crippen LogP contribution in [0.1, 0.15) is 62.5 Å². The van der Waals surface area contributed by atoms with E-state index in [-0.39, 0.29) is 86.6 Å². The SMILES string of the molecule is C=CC1=C(C)/C(=C\c2[nH]c(CC3N=C(/C=C4\NC(=O)C(C)=C4C=C)C(C)=C3CCC(=O)NCCS(=O)(=O)O)c(CCC(=O)NCCS(=O)(=O)O)c2C)NC1=O.[Na]. The summed E-state index contributed by atoms with van der Waals surface area (Å²) in [6.45, 7) is 14.2. The van der Waals surface area contributed by atoms with Crippen molar-refractivity contribution >= 4 is 85.2 Å². The van der Waals surface area contributed by atoms with Crippen LogP contribution >= 0.6 is 0 Å². The minimum absolute atomic E-state index is 0. The number of carbonyl (C=O) groups is 4. The van der Waals surface area contributed by atoms with Gasteiger partial charge in [-0.1, -0.05) is 25.3 Å². The van der Waals surface area contributed by atoms with Gasteiger partial charge in [0, 0.05) is 95.7 Å². The first kappa shape index (κ1) is 46.2. The fourth-order valence-electron chi connectivity index (χ4n) is 6.55. The van der Waals surface area contributed by atoms with Crippen LogP contribution in [-0.4, -0.2) is 120 Å². The van der Waals surface area contributed by atoms with Crippen LogP contribution in [0.25, 0.3) is 6.08 Å². The number of nitrogens with zero attached hydrogens (tertiary/aromatic N) is 1. The second-order valence-electron chi connectivity index (χ2n) is 13.3. The van der Waals surface area contributed by atoms with Crippen LogP contribution in [0.2, 0.25) is 0 Å². The van der Waals surface area contributed by atoms with Gasteiger partial charge in [-0.05, 0) is 80.5 Å². The van der Waals surface area contributed by atoms with Gasteiger partial charge in [0.2, 0.25) is 11.8 Å². The topological polar surface area (TPSA) is 253 Å². The van der Waals surface area contributed by atoms with E-state index >= 15 is 0 Å². The van der Waals surface area contributed by atoms with Crippen molar-refractivity contribution in [3.63, 3.8) is 0 Å². The van der Waals surface area contributed by atoms with E-state index in [1.807, 2.05) is 13.8 Å². The van der Waals surface area contributed by atoms with E-state index in [4.69, 9.17) is 14.1 Å². The number of aromatic nitrogens is 1. The number of aliphatic imine (C=N–C) groups is 1. The second kappa shape index (κ2) is 19.3. The van der Waals surface area contributed by atoms with E-state index in [0.717, 1.165) is 22.3 Å². The number of H-pyrrole nitrogens is 1. The second-order valence-corrected chi connectivity index (χ2v) is 16.4. The van der Waals surface area contributed by atoms with Gasteiger partial charge in [0.05, 0.1) is 29.0 Å². The molecule has 3 aliphatic heterocycles. The zero-order valence-corrected chi connectivity index (χ0v) is 35.7. The third-order valence-electron chi connectivity index (χ3n) is 9.62. The molecule has 16 nitrogen and oxygen atoms in total. The number of nitrogens with one attached hydrogen (secondary N) is 5. The van der Waals surface area contributed by atoms with Gasteiger partial charge in [-0.15, -0.1) is 0 Å². The number of carbonyl (C=O) groups excluding carboxylic acids is 4. The smallest absolute Gasteiger partial charge is 0.266 e. The Morgan fingerprint density at radius 3 is 1.88 bits per heavy atom. The molecule has 4 heterocycles. The van der Waals surface area contributed by atoms with Crippen LogP contribution in [-0.2, 0) is 52.3 Å². The molecule has 7 N–H and O–H groups in total. The van der Waals surface area contributed by atoms with Crippen molar-refractivity contribution in [1.29, 1.82) is 0 Å². The van der Waals surface area contributed by atoms with E-state index in [1.54, 1.807) is 32.1 Å². The van der Waals surface area contributed by atoms with E-state index in [2.05, 4.69) is 39.4 Å². The van der Waals surface area contributed by atoms with Crippen molar-refractivity contribution in [3.8, 4) is 0 Å². The molecule has 0 aromatic carbocycles. The average Bonchev–Trinajstić information content (AvgIpc) is 3.73. The molecule has 1 atom stereocenters. The van der Waals surface area contributed by atoms with Crippen molar-refractivity contribution in [1.82, 2.24) is 26.3 Å². The monoisotopic (exact) mass is 821 g/mol. The molecule has 297 valence electrons. The van der Waals surface area contributed by atoms with Gasteiger partial charge >= 0.3 is 0 Å². The summed E-state index contributed by atoms with van der Waals surface area (Å²) in [5, 5.41) is 10.7. The summed E-state index contributed by atoms with van der Waals surface area (Å²) in [6.07, 6.45) is 7.31. The number of hydrogen-bond acceptors (Lipinski definition) is 9. The van der Waals surface area contributed by atoms with Gasteiger partial charge in [-0.2, -0.15) is 16.8 Å². The number of amides is 4. The Balaban J connectivity index is 0.00000841. The Kier molecular flexibility index (Phi) is 15.9. The molecule has 1 aromatic rings. The van der Waals surface area contributed by atoms with Crippen LogP contribution in [0.5, 0.6) is 0 Å². The molecule has 0 fully saturated rings. The van der Waals surface area contributed by atoms with Crippen LogP contribution in [0.4, 0.5) is 0 Å². The summed E-state index contributed by atoms with van der Waals surface area (Å²) in [5.74, 6) is -2.68. The van der Waals surface area contributed by atoms with Crippen LogP contribution in [0.15, 0.2) is 81.2 Å². The molecule has 4 rings (SSSR count). The van der Waals surface area contributed by atoms with E-state index in [9.17, 15) is 36.0 Å². The molecular weight excluding hydrogens is 776 g/mol. The summed E-state index contributed by atoms with van der Waals surface area (Å²) in [7, 11) is -8.53. The van der Waals surface area contributed by atoms with Crippen molar-refractivity contribution in [2.24, 2.45) is 4.99 Å². The van der Waals surface area contributed by atoms with Crippen LogP contribution in [0, 0.1) is 6.92 Å². The van der Waals surface area contributed by atoms with Gasteiger partial charge in [0.1, 0.15) is 0 Å². The summed E-state index contributed by atoms with van der Waals surface area (Å²) in [4.78, 5) is 59.0. The van der Waals surface area contributed by atoms with E-state index in [0.29, 0.717) is 50.8 Å². The molecule has 19 heteroatoms. The summed E-state index contributed by atoms with van der Waals surface area (Å²) in [6, 6.07) is -0.520. The summed E-state index contributed by atoms with van der Waals surface area (Å²) >= 11 is 0. The molecule has 0 saturated carbocycles. The van der Waals surface area contributed by atoms with Gasteiger partial charge < -0.3 is 26.3 Å². The standard InChI is InChI=1S/C37H46N6O10S2.Na/c1-7-24-23(6)36(46)43-31(24)18-29-22(5)27(10-12-35(45)39-14-16-55(51,52)53)33(41-29)19-32-26(9-11-34(44)38-13-15-54(48,49)50)21(4)28(40-32)17-30-20(3)25(8-2)37(47)42-30;/h7-8,17-18,33,40H,1-2,9-16,19H2,3-6H3,(H,38,44)(H,39,45)(H,42,47)(H,43,46)(H,48,49,50)(H,51,52,53);/b30-17+,31-18-;. The Bertz CT molecular complexity index is 2260. The molecule has 0 bridgehead atoms. The fraction of sp³-hybridized carbons (Fsp3) is 0.378. The maximum atomic E-state index is 12.8. The predicted octanol–water partition coefficient (Wildman–Crippen LogP) is 1.83. The fourth-order valence-corrected chi connectivity index (χ4v) is 7.27. The minimum Gasteiger partial charge on any atom is -0.358 e. The average molecular weight is 822 g/mol. The maximum Gasteiger partial charge on any atom is 0.266 e. The third-order valence-corrected chi connectivity index (χ3v) is 11.1. The van der Waals surface area contributed by atoms with Crippen molar-refractivity contribution in [3.05, 3.63) is 98.7 Å². The van der Waals surface area contributed by atoms with Gasteiger partial charge in [-0.25, -0.2) is 0 Å². The molecule has 0 aliphatic carbocycles. The molecule has 3 aliphatic rings. The molecule has 0 spiro atoms. The van der Waals surface area contributed by atoms with Gasteiger partial charge in [0.25, 0.3) is 32.1 Å². The van der Waals surface area contributed by atoms with Crippen molar-refractivity contribution in [2.75, 3.05) is 24.6 Å². The van der Waals surface area contributed by atoms with E-state index in [1.165, 1.54) is 6.08 Å². The zero-order chi connectivity index (χ0) is 40.8. The maximum absolute atomic E-state index is 12.8. The van der Waals surface area contributed by atoms with Crippen LogP contribution < -0.4 is 21.3 Å². The number of rotatable bonds is 18.